The van der Waals surface area contributed by atoms with Crippen LogP contribution < -0.4 is 5.32 Å². The quantitative estimate of drug-likeness (QED) is 0.874. The van der Waals surface area contributed by atoms with E-state index in [1.807, 2.05) is 43.2 Å². The second-order valence-electron chi connectivity index (χ2n) is 7.79. The molecule has 1 saturated heterocycles. The lowest BCUT2D eigenvalue weighted by atomic mass is 9.90. The van der Waals surface area contributed by atoms with Crippen LogP contribution in [-0.2, 0) is 15.2 Å². The van der Waals surface area contributed by atoms with Crippen LogP contribution in [0.4, 0.5) is 0 Å². The predicted molar refractivity (Wildman–Crippen MR) is 95.7 cm³/mol. The minimum Gasteiger partial charge on any atom is -0.383 e. The average molecular weight is 353 g/mol. The van der Waals surface area contributed by atoms with Gasteiger partial charge in [-0.1, -0.05) is 26.8 Å². The Bertz CT molecular complexity index is 568. The number of hydrogen-bond donors (Lipinski definition) is 2. The Morgan fingerprint density at radius 1 is 1.29 bits per heavy atom. The van der Waals surface area contributed by atoms with E-state index in [0.29, 0.717) is 25.9 Å². The molecule has 0 aliphatic carbocycles. The number of thiophene rings is 1. The Balaban J connectivity index is 1.82. The van der Waals surface area contributed by atoms with Crippen LogP contribution in [0.2, 0.25) is 0 Å². The molecule has 2 heterocycles. The molecule has 1 aromatic rings. The van der Waals surface area contributed by atoms with E-state index in [1.54, 1.807) is 6.92 Å². The normalized spacial score (nSPS) is 19.0. The van der Waals surface area contributed by atoms with Gasteiger partial charge in [0, 0.05) is 29.3 Å². The number of carbonyl (C=O) groups is 2. The first-order chi connectivity index (χ1) is 11.1. The fraction of sp³-hybridized carbons (Fsp3) is 0.667. The van der Waals surface area contributed by atoms with Gasteiger partial charge in [-0.25, -0.2) is 0 Å². The van der Waals surface area contributed by atoms with Gasteiger partial charge in [0.2, 0.25) is 11.8 Å². The highest BCUT2D eigenvalue weighted by atomic mass is 32.1. The number of amides is 2. The lowest BCUT2D eigenvalue weighted by molar-refractivity contribution is -0.142. The van der Waals surface area contributed by atoms with Crippen LogP contribution in [-0.4, -0.2) is 41.5 Å². The van der Waals surface area contributed by atoms with E-state index in [0.717, 1.165) is 4.88 Å². The highest BCUT2D eigenvalue weighted by Crippen LogP contribution is 2.26. The molecule has 0 aromatic carbocycles. The zero-order valence-electron chi connectivity index (χ0n) is 15.0. The number of rotatable bonds is 4. The molecule has 134 valence electrons. The molecule has 6 heteroatoms. The molecule has 2 amide bonds. The van der Waals surface area contributed by atoms with E-state index in [9.17, 15) is 14.7 Å². The van der Waals surface area contributed by atoms with Gasteiger partial charge in [0.15, 0.2) is 0 Å². The van der Waals surface area contributed by atoms with Crippen LogP contribution in [0.1, 0.15) is 45.4 Å². The summed E-state index contributed by atoms with van der Waals surface area (Å²) in [5.74, 6) is 0.0184. The number of carbonyl (C=O) groups excluding carboxylic acids is 2. The van der Waals surface area contributed by atoms with Gasteiger partial charge < -0.3 is 15.3 Å². The van der Waals surface area contributed by atoms with Gasteiger partial charge >= 0.3 is 0 Å². The smallest absolute Gasteiger partial charge is 0.227 e. The van der Waals surface area contributed by atoms with E-state index in [4.69, 9.17) is 0 Å². The second kappa shape index (κ2) is 7.23. The summed E-state index contributed by atoms with van der Waals surface area (Å²) in [6.45, 7) is 8.91. The minimum absolute atomic E-state index is 0.0327. The van der Waals surface area contributed by atoms with Crippen molar-refractivity contribution >= 4 is 23.2 Å². The summed E-state index contributed by atoms with van der Waals surface area (Å²) in [6, 6.07) is 3.76. The Kier molecular flexibility index (Phi) is 5.71. The number of nitrogens with one attached hydrogen (secondary N) is 1. The number of piperidine rings is 1. The third-order valence-electron chi connectivity index (χ3n) is 4.45. The zero-order chi connectivity index (χ0) is 18.0. The summed E-state index contributed by atoms with van der Waals surface area (Å²) in [5, 5.41) is 15.2. The van der Waals surface area contributed by atoms with Crippen LogP contribution in [0.3, 0.4) is 0 Å². The Morgan fingerprint density at radius 2 is 1.92 bits per heavy atom. The summed E-state index contributed by atoms with van der Waals surface area (Å²) in [7, 11) is 0. The molecule has 0 saturated carbocycles. The van der Waals surface area contributed by atoms with Crippen LogP contribution in [0, 0.1) is 11.3 Å². The summed E-state index contributed by atoms with van der Waals surface area (Å²) >= 11 is 1.48. The molecule has 2 rings (SSSR count). The molecule has 1 fully saturated rings. The summed E-state index contributed by atoms with van der Waals surface area (Å²) in [6.07, 6.45) is 1.35. The molecular weight excluding hydrogens is 324 g/mol. The lowest BCUT2D eigenvalue weighted by Crippen LogP contribution is -2.48. The fourth-order valence-corrected chi connectivity index (χ4v) is 3.68. The molecule has 5 nitrogen and oxygen atoms in total. The average Bonchev–Trinajstić information content (AvgIpc) is 3.06. The van der Waals surface area contributed by atoms with Gasteiger partial charge in [-0.2, -0.15) is 0 Å². The van der Waals surface area contributed by atoms with Gasteiger partial charge in [0.25, 0.3) is 0 Å². The van der Waals surface area contributed by atoms with Gasteiger partial charge in [0.05, 0.1) is 6.54 Å². The largest absolute Gasteiger partial charge is 0.383 e. The maximum absolute atomic E-state index is 12.4. The number of nitrogens with zero attached hydrogens (tertiary/aromatic N) is 1. The molecule has 1 aromatic heterocycles. The molecular formula is C18H28N2O3S. The standard InChI is InChI=1S/C18H28N2O3S/c1-17(2,3)16(22)20-9-7-13(8-10-20)15(21)19-12-18(4,23)14-6-5-11-24-14/h5-6,11,13,23H,7-10,12H2,1-4H3,(H,19,21). The topological polar surface area (TPSA) is 69.6 Å². The first-order valence-electron chi connectivity index (χ1n) is 8.45. The van der Waals surface area contributed by atoms with Gasteiger partial charge in [-0.05, 0) is 31.2 Å². The maximum Gasteiger partial charge on any atom is 0.227 e. The van der Waals surface area contributed by atoms with Crippen molar-refractivity contribution in [1.82, 2.24) is 10.2 Å². The molecule has 2 N–H and O–H groups in total. The van der Waals surface area contributed by atoms with Crippen molar-refractivity contribution in [3.8, 4) is 0 Å². The van der Waals surface area contributed by atoms with E-state index in [2.05, 4.69) is 5.32 Å². The van der Waals surface area contributed by atoms with Crippen LogP contribution in [0.15, 0.2) is 17.5 Å². The molecule has 24 heavy (non-hydrogen) atoms. The first-order valence-corrected chi connectivity index (χ1v) is 9.33. The number of hydrogen-bond acceptors (Lipinski definition) is 4. The minimum atomic E-state index is -1.05. The maximum atomic E-state index is 12.4. The Labute approximate surface area is 148 Å². The molecule has 0 bridgehead atoms. The third-order valence-corrected chi connectivity index (χ3v) is 5.58. The van der Waals surface area contributed by atoms with Crippen LogP contribution in [0.25, 0.3) is 0 Å². The van der Waals surface area contributed by atoms with Gasteiger partial charge in [0.1, 0.15) is 5.60 Å². The van der Waals surface area contributed by atoms with Crippen molar-refractivity contribution in [2.24, 2.45) is 11.3 Å². The summed E-state index contributed by atoms with van der Waals surface area (Å²) in [5.41, 5.74) is -1.43. The van der Waals surface area contributed by atoms with Gasteiger partial charge in [-0.3, -0.25) is 9.59 Å². The van der Waals surface area contributed by atoms with Crippen molar-refractivity contribution in [2.45, 2.75) is 46.1 Å². The molecule has 0 spiro atoms. The van der Waals surface area contributed by atoms with Crippen molar-refractivity contribution in [3.05, 3.63) is 22.4 Å². The highest BCUT2D eigenvalue weighted by Gasteiger charge is 2.33. The van der Waals surface area contributed by atoms with Crippen LogP contribution in [0.5, 0.6) is 0 Å². The second-order valence-corrected chi connectivity index (χ2v) is 8.73. The van der Waals surface area contributed by atoms with E-state index >= 15 is 0 Å². The molecule has 1 unspecified atom stereocenters. The summed E-state index contributed by atoms with van der Waals surface area (Å²) in [4.78, 5) is 27.3. The first kappa shape index (κ1) is 18.9. The van der Waals surface area contributed by atoms with E-state index in [1.165, 1.54) is 11.3 Å². The van der Waals surface area contributed by atoms with E-state index < -0.39 is 5.60 Å². The lowest BCUT2D eigenvalue weighted by Gasteiger charge is -2.35. The molecule has 1 atom stereocenters. The highest BCUT2D eigenvalue weighted by molar-refractivity contribution is 7.10. The molecule has 0 radical (unpaired) electrons. The number of likely N-dealkylation sites (tertiary alicyclic amines) is 1. The van der Waals surface area contributed by atoms with Crippen molar-refractivity contribution in [1.29, 1.82) is 0 Å². The number of aliphatic hydroxyl groups is 1. The van der Waals surface area contributed by atoms with Gasteiger partial charge in [-0.15, -0.1) is 11.3 Å². The zero-order valence-corrected chi connectivity index (χ0v) is 15.8. The molecule has 1 aliphatic heterocycles. The van der Waals surface area contributed by atoms with Crippen LogP contribution >= 0.6 is 11.3 Å². The monoisotopic (exact) mass is 352 g/mol. The van der Waals surface area contributed by atoms with E-state index in [-0.39, 0.29) is 29.7 Å². The SMILES string of the molecule is CC(C)(C)C(=O)N1CCC(C(=O)NCC(C)(O)c2cccs2)CC1. The fourth-order valence-electron chi connectivity index (χ4n) is 2.89. The Morgan fingerprint density at radius 3 is 2.42 bits per heavy atom. The predicted octanol–water partition coefficient (Wildman–Crippen LogP) is 2.36. The third kappa shape index (κ3) is 4.57. The van der Waals surface area contributed by atoms with Crippen molar-refractivity contribution < 1.29 is 14.7 Å². The summed E-state index contributed by atoms with van der Waals surface area (Å²) < 4.78 is 0. The Hall–Kier alpha value is -1.40. The van der Waals surface area contributed by atoms with Crippen molar-refractivity contribution in [3.63, 3.8) is 0 Å². The molecule has 1 aliphatic rings. The van der Waals surface area contributed by atoms with Crippen molar-refractivity contribution in [2.75, 3.05) is 19.6 Å².